The fraction of sp³-hybridized carbons (Fsp3) is 0.476. The zero-order valence-corrected chi connectivity index (χ0v) is 18.3. The Morgan fingerprint density at radius 2 is 1.56 bits per heavy atom. The highest BCUT2D eigenvalue weighted by Gasteiger charge is 2.33. The van der Waals surface area contributed by atoms with Crippen molar-refractivity contribution >= 4 is 21.6 Å². The predicted octanol–water partition coefficient (Wildman–Crippen LogP) is 4.81. The average molecular weight is 391 g/mol. The van der Waals surface area contributed by atoms with Gasteiger partial charge in [-0.1, -0.05) is 38.5 Å². The molecule has 0 saturated carbocycles. The number of aromatic nitrogens is 1. The van der Waals surface area contributed by atoms with E-state index in [0.29, 0.717) is 11.4 Å². The molecule has 0 fully saturated rings. The summed E-state index contributed by atoms with van der Waals surface area (Å²) >= 11 is 0. The van der Waals surface area contributed by atoms with Gasteiger partial charge in [0.05, 0.1) is 4.90 Å². The van der Waals surface area contributed by atoms with Gasteiger partial charge in [-0.15, -0.1) is 0 Å². The molecule has 27 heavy (non-hydrogen) atoms. The minimum absolute atomic E-state index is 0.000867. The monoisotopic (exact) mass is 390 g/mol. The molecular formula is C21H30N2O3S. The number of hydrogen-bond donors (Lipinski definition) is 1. The number of hydrogen-bond acceptors (Lipinski definition) is 3. The number of anilines is 1. The Labute approximate surface area is 162 Å². The van der Waals surface area contributed by atoms with Crippen molar-refractivity contribution < 1.29 is 13.2 Å². The van der Waals surface area contributed by atoms with Crippen molar-refractivity contribution in [2.24, 2.45) is 5.41 Å². The number of carbonyl (C=O) groups is 1. The average Bonchev–Trinajstić information content (AvgIpc) is 2.78. The summed E-state index contributed by atoms with van der Waals surface area (Å²) in [6, 6.07) is 6.79. The van der Waals surface area contributed by atoms with Crippen molar-refractivity contribution in [3.05, 3.63) is 41.1 Å². The van der Waals surface area contributed by atoms with Crippen LogP contribution in [0.3, 0.4) is 0 Å². The predicted molar refractivity (Wildman–Crippen MR) is 109 cm³/mol. The Hall–Kier alpha value is -2.08. The minimum atomic E-state index is -3.78. The maximum atomic E-state index is 13.4. The second-order valence-electron chi connectivity index (χ2n) is 8.37. The van der Waals surface area contributed by atoms with Crippen LogP contribution in [0.1, 0.15) is 57.5 Å². The summed E-state index contributed by atoms with van der Waals surface area (Å²) in [4.78, 5) is 13.1. The van der Waals surface area contributed by atoms with Gasteiger partial charge in [0, 0.05) is 17.2 Å². The Morgan fingerprint density at radius 3 is 2.00 bits per heavy atom. The molecule has 0 radical (unpaired) electrons. The second-order valence-corrected chi connectivity index (χ2v) is 10.3. The smallest absolute Gasteiger partial charge is 0.230 e. The first-order valence-corrected chi connectivity index (χ1v) is 10.6. The number of amides is 1. The molecule has 6 heteroatoms. The summed E-state index contributed by atoms with van der Waals surface area (Å²) in [6.45, 7) is 15.0. The number of sulfone groups is 1. The first kappa shape index (κ1) is 21.2. The van der Waals surface area contributed by atoms with Gasteiger partial charge in [-0.2, -0.15) is 0 Å². The number of carbonyl (C=O) groups excluding carboxylic acids is 1. The van der Waals surface area contributed by atoms with Crippen LogP contribution in [0.25, 0.3) is 0 Å². The molecule has 1 amide bonds. The quantitative estimate of drug-likeness (QED) is 0.814. The van der Waals surface area contributed by atoms with Crippen LogP contribution < -0.4 is 5.32 Å². The van der Waals surface area contributed by atoms with Crippen molar-refractivity contribution in [1.29, 1.82) is 0 Å². The van der Waals surface area contributed by atoms with Gasteiger partial charge in [0.2, 0.25) is 15.7 Å². The van der Waals surface area contributed by atoms with Crippen LogP contribution in [-0.4, -0.2) is 18.9 Å². The fourth-order valence-corrected chi connectivity index (χ4v) is 4.71. The molecule has 1 N–H and O–H groups in total. The van der Waals surface area contributed by atoms with Crippen LogP contribution in [-0.2, 0) is 14.6 Å². The molecule has 0 aliphatic heterocycles. The number of aryl methyl sites for hydroxylation is 1. The Balaban J connectivity index is 2.77. The van der Waals surface area contributed by atoms with Crippen LogP contribution in [0.2, 0.25) is 0 Å². The van der Waals surface area contributed by atoms with Crippen molar-refractivity contribution in [1.82, 2.24) is 4.57 Å². The third-order valence-electron chi connectivity index (χ3n) is 4.73. The molecule has 0 bridgehead atoms. The summed E-state index contributed by atoms with van der Waals surface area (Å²) in [7, 11) is -3.78. The van der Waals surface area contributed by atoms with E-state index in [4.69, 9.17) is 0 Å². The van der Waals surface area contributed by atoms with Crippen LogP contribution in [0.5, 0.6) is 0 Å². The van der Waals surface area contributed by atoms with Crippen LogP contribution in [0, 0.1) is 26.2 Å². The van der Waals surface area contributed by atoms with E-state index in [1.807, 2.05) is 32.3 Å². The Morgan fingerprint density at radius 1 is 1.04 bits per heavy atom. The minimum Gasteiger partial charge on any atom is -0.328 e. The van der Waals surface area contributed by atoms with E-state index in [2.05, 4.69) is 5.32 Å². The number of rotatable bonds is 4. The van der Waals surface area contributed by atoms with Gasteiger partial charge in [-0.25, -0.2) is 8.42 Å². The maximum Gasteiger partial charge on any atom is 0.230 e. The van der Waals surface area contributed by atoms with Gasteiger partial charge in [-0.05, 0) is 52.3 Å². The maximum absolute atomic E-state index is 13.4. The van der Waals surface area contributed by atoms with Crippen molar-refractivity contribution in [3.63, 3.8) is 0 Å². The third-order valence-corrected chi connectivity index (χ3v) is 6.66. The SMILES string of the molecule is Cc1ccc(S(=O)(=O)c2c(C)c(C)n(C(C)C)c2NC(=O)C(C)(C)C)cc1. The normalized spacial score (nSPS) is 12.5. The van der Waals surface area contributed by atoms with Crippen molar-refractivity contribution in [3.8, 4) is 0 Å². The first-order valence-electron chi connectivity index (χ1n) is 9.13. The molecule has 148 valence electrons. The van der Waals surface area contributed by atoms with Crippen molar-refractivity contribution in [2.75, 3.05) is 5.32 Å². The Kier molecular flexibility index (Phi) is 5.62. The van der Waals surface area contributed by atoms with E-state index in [-0.39, 0.29) is 21.7 Å². The highest BCUT2D eigenvalue weighted by molar-refractivity contribution is 7.91. The molecule has 0 unspecified atom stereocenters. The summed E-state index contributed by atoms with van der Waals surface area (Å²) in [5.74, 6) is 0.128. The molecule has 0 aliphatic rings. The topological polar surface area (TPSA) is 68.2 Å². The molecule has 0 aliphatic carbocycles. The molecular weight excluding hydrogens is 360 g/mol. The summed E-state index contributed by atoms with van der Waals surface area (Å²) in [5.41, 5.74) is 1.84. The van der Waals surface area contributed by atoms with Crippen LogP contribution >= 0.6 is 0 Å². The molecule has 0 spiro atoms. The number of nitrogens with one attached hydrogen (secondary N) is 1. The summed E-state index contributed by atoms with van der Waals surface area (Å²) < 4.78 is 28.8. The van der Waals surface area contributed by atoms with E-state index in [0.717, 1.165) is 11.3 Å². The molecule has 5 nitrogen and oxygen atoms in total. The molecule has 1 heterocycles. The highest BCUT2D eigenvalue weighted by Crippen LogP contribution is 2.38. The molecule has 1 aromatic carbocycles. The van der Waals surface area contributed by atoms with E-state index < -0.39 is 15.3 Å². The van der Waals surface area contributed by atoms with Gasteiger partial charge in [-0.3, -0.25) is 4.79 Å². The highest BCUT2D eigenvalue weighted by atomic mass is 32.2. The lowest BCUT2D eigenvalue weighted by molar-refractivity contribution is -0.123. The van der Waals surface area contributed by atoms with E-state index in [1.165, 1.54) is 0 Å². The van der Waals surface area contributed by atoms with Gasteiger partial charge in [0.25, 0.3) is 0 Å². The summed E-state index contributed by atoms with van der Waals surface area (Å²) in [5, 5.41) is 2.89. The molecule has 0 atom stereocenters. The molecule has 2 rings (SSSR count). The lowest BCUT2D eigenvalue weighted by Gasteiger charge is -2.22. The number of benzene rings is 1. The van der Waals surface area contributed by atoms with Crippen molar-refractivity contribution in [2.45, 2.75) is 71.2 Å². The Bertz CT molecular complexity index is 960. The van der Waals surface area contributed by atoms with Crippen LogP contribution in [0.15, 0.2) is 34.1 Å². The van der Waals surface area contributed by atoms with Gasteiger partial charge in [0.15, 0.2) is 0 Å². The second kappa shape index (κ2) is 7.15. The third kappa shape index (κ3) is 3.95. The lowest BCUT2D eigenvalue weighted by Crippen LogP contribution is -2.29. The van der Waals surface area contributed by atoms with E-state index >= 15 is 0 Å². The molecule has 2 aromatic rings. The number of nitrogens with zero attached hydrogens (tertiary/aromatic N) is 1. The zero-order valence-electron chi connectivity index (χ0n) is 17.5. The summed E-state index contributed by atoms with van der Waals surface area (Å²) in [6.07, 6.45) is 0. The van der Waals surface area contributed by atoms with E-state index in [1.54, 1.807) is 52.0 Å². The first-order chi connectivity index (χ1) is 12.3. The largest absolute Gasteiger partial charge is 0.328 e. The lowest BCUT2D eigenvalue weighted by atomic mass is 9.96. The van der Waals surface area contributed by atoms with Gasteiger partial charge >= 0.3 is 0 Å². The van der Waals surface area contributed by atoms with Gasteiger partial charge < -0.3 is 9.88 Å². The zero-order chi connectivity index (χ0) is 20.7. The van der Waals surface area contributed by atoms with Crippen LogP contribution in [0.4, 0.5) is 5.82 Å². The fourth-order valence-electron chi connectivity index (χ4n) is 3.02. The molecule has 0 saturated heterocycles. The van der Waals surface area contributed by atoms with E-state index in [9.17, 15) is 13.2 Å². The standard InChI is InChI=1S/C21H30N2O3S/c1-13(2)23-16(5)15(4)18(19(23)22-20(24)21(6,7)8)27(25,26)17-11-9-14(3)10-12-17/h9-13H,1-8H3,(H,22,24). The van der Waals surface area contributed by atoms with Gasteiger partial charge in [0.1, 0.15) is 10.7 Å². The molecule has 1 aromatic heterocycles.